The van der Waals surface area contributed by atoms with Crippen LogP contribution in [0.2, 0.25) is 0 Å². The first kappa shape index (κ1) is 12.1. The Kier molecular flexibility index (Phi) is 3.18. The summed E-state index contributed by atoms with van der Waals surface area (Å²) < 4.78 is 28.7. The quantitative estimate of drug-likeness (QED) is 0.770. The largest absolute Gasteiger partial charge is 0.297 e. The molecule has 1 saturated carbocycles. The third-order valence-corrected chi connectivity index (χ3v) is 4.22. The van der Waals surface area contributed by atoms with E-state index in [0.29, 0.717) is 12.8 Å². The van der Waals surface area contributed by atoms with Crippen LogP contribution in [-0.2, 0) is 14.3 Å². The molecule has 2 rings (SSSR count). The van der Waals surface area contributed by atoms with Gasteiger partial charge in [-0.3, -0.25) is 4.18 Å². The average Bonchev–Trinajstić information content (AvgIpc) is 2.23. The van der Waals surface area contributed by atoms with E-state index in [2.05, 4.69) is 6.07 Å². The lowest BCUT2D eigenvalue weighted by Crippen LogP contribution is -2.32. The first-order valence-corrected chi connectivity index (χ1v) is 6.81. The molecule has 4 nitrogen and oxygen atoms in total. The van der Waals surface area contributed by atoms with Gasteiger partial charge in [-0.05, 0) is 31.9 Å². The van der Waals surface area contributed by atoms with Gasteiger partial charge in [-0.1, -0.05) is 17.7 Å². The van der Waals surface area contributed by atoms with Gasteiger partial charge in [0.15, 0.2) is 0 Å². The summed E-state index contributed by atoms with van der Waals surface area (Å²) in [5.74, 6) is -0.0618. The first-order chi connectivity index (χ1) is 8.01. The Hall–Kier alpha value is -1.38. The van der Waals surface area contributed by atoms with E-state index in [1.54, 1.807) is 12.1 Å². The third kappa shape index (κ3) is 2.65. The molecule has 0 radical (unpaired) electrons. The van der Waals surface area contributed by atoms with E-state index in [4.69, 9.17) is 9.44 Å². The number of hydrogen-bond donors (Lipinski definition) is 0. The lowest BCUT2D eigenvalue weighted by Gasteiger charge is -2.29. The van der Waals surface area contributed by atoms with E-state index in [1.165, 1.54) is 12.1 Å². The smallest absolute Gasteiger partial charge is 0.263 e. The van der Waals surface area contributed by atoms with Gasteiger partial charge in [0, 0.05) is 0 Å². The minimum absolute atomic E-state index is 0.0618. The van der Waals surface area contributed by atoms with E-state index in [1.807, 2.05) is 6.92 Å². The van der Waals surface area contributed by atoms with Gasteiger partial charge in [0.25, 0.3) is 10.1 Å². The zero-order chi connectivity index (χ0) is 12.5. The Balaban J connectivity index is 2.05. The normalized spacial score (nSPS) is 23.8. The standard InChI is InChI=1S/C12H13NO3S/c1-9-2-4-12(5-3-9)17(14,15)16-11-6-10(7-11)8-13/h2-5,10-11H,6-7H2,1H3/t10-,11+. The predicted octanol–water partition coefficient (Wildman–Crippen LogP) is 2.00. The molecule has 0 bridgehead atoms. The van der Waals surface area contributed by atoms with Gasteiger partial charge >= 0.3 is 0 Å². The minimum Gasteiger partial charge on any atom is -0.263 e. The number of rotatable bonds is 3. The zero-order valence-electron chi connectivity index (χ0n) is 9.46. The van der Waals surface area contributed by atoms with E-state index in [0.717, 1.165) is 5.56 Å². The predicted molar refractivity (Wildman–Crippen MR) is 61.6 cm³/mol. The molecule has 1 aliphatic carbocycles. The van der Waals surface area contributed by atoms with E-state index in [9.17, 15) is 8.42 Å². The van der Waals surface area contributed by atoms with Gasteiger partial charge in [0.1, 0.15) is 0 Å². The van der Waals surface area contributed by atoms with Crippen LogP contribution in [0, 0.1) is 24.2 Å². The van der Waals surface area contributed by atoms with Crippen molar-refractivity contribution in [2.75, 3.05) is 0 Å². The van der Waals surface area contributed by atoms with Gasteiger partial charge in [-0.2, -0.15) is 13.7 Å². The summed E-state index contributed by atoms with van der Waals surface area (Å²) >= 11 is 0. The van der Waals surface area contributed by atoms with Crippen molar-refractivity contribution in [2.24, 2.45) is 5.92 Å². The fourth-order valence-corrected chi connectivity index (χ4v) is 2.79. The molecule has 0 spiro atoms. The van der Waals surface area contributed by atoms with Gasteiger partial charge in [-0.25, -0.2) is 0 Å². The molecule has 0 saturated heterocycles. The number of aryl methyl sites for hydroxylation is 1. The first-order valence-electron chi connectivity index (χ1n) is 5.41. The highest BCUT2D eigenvalue weighted by Gasteiger charge is 2.34. The van der Waals surface area contributed by atoms with E-state index < -0.39 is 10.1 Å². The van der Waals surface area contributed by atoms with Crippen molar-refractivity contribution in [3.05, 3.63) is 29.8 Å². The average molecular weight is 251 g/mol. The topological polar surface area (TPSA) is 67.2 Å². The van der Waals surface area contributed by atoms with Gasteiger partial charge in [-0.15, -0.1) is 0 Å². The van der Waals surface area contributed by atoms with Crippen molar-refractivity contribution in [3.8, 4) is 6.07 Å². The SMILES string of the molecule is Cc1ccc(S(=O)(=O)O[C@H]2C[C@@H](C#N)C2)cc1. The van der Waals surface area contributed by atoms with Crippen LogP contribution in [0.25, 0.3) is 0 Å². The molecule has 0 heterocycles. The van der Waals surface area contributed by atoms with Gasteiger partial charge in [0.2, 0.25) is 0 Å². The summed E-state index contributed by atoms with van der Waals surface area (Å²) in [5, 5.41) is 8.59. The maximum atomic E-state index is 11.8. The van der Waals surface area contributed by atoms with Crippen molar-refractivity contribution in [3.63, 3.8) is 0 Å². The second-order valence-electron chi connectivity index (χ2n) is 4.28. The van der Waals surface area contributed by atoms with Crippen LogP contribution in [0.5, 0.6) is 0 Å². The molecule has 0 atom stereocenters. The highest BCUT2D eigenvalue weighted by molar-refractivity contribution is 7.86. The van der Waals surface area contributed by atoms with Crippen LogP contribution in [0.4, 0.5) is 0 Å². The molecule has 1 aliphatic rings. The molecule has 0 aromatic heterocycles. The number of nitriles is 1. The van der Waals surface area contributed by atoms with E-state index in [-0.39, 0.29) is 16.9 Å². The molecule has 1 aromatic carbocycles. The monoisotopic (exact) mass is 251 g/mol. The van der Waals surface area contributed by atoms with Gasteiger partial charge < -0.3 is 0 Å². The van der Waals surface area contributed by atoms with Crippen molar-refractivity contribution >= 4 is 10.1 Å². The summed E-state index contributed by atoms with van der Waals surface area (Å²) in [4.78, 5) is 0.170. The van der Waals surface area contributed by atoms with Crippen LogP contribution in [0.3, 0.4) is 0 Å². The molecule has 1 fully saturated rings. The summed E-state index contributed by atoms with van der Waals surface area (Å²) in [6, 6.07) is 8.62. The number of hydrogen-bond acceptors (Lipinski definition) is 4. The van der Waals surface area contributed by atoms with Crippen LogP contribution in [0.15, 0.2) is 29.2 Å². The summed E-state index contributed by atoms with van der Waals surface area (Å²) in [5.41, 5.74) is 0.997. The Bertz CT molecular complexity index is 536. The molecular formula is C12H13NO3S. The van der Waals surface area contributed by atoms with Crippen LogP contribution < -0.4 is 0 Å². The molecule has 1 aromatic rings. The van der Waals surface area contributed by atoms with Crippen LogP contribution >= 0.6 is 0 Å². The third-order valence-electron chi connectivity index (χ3n) is 2.85. The second-order valence-corrected chi connectivity index (χ2v) is 5.85. The van der Waals surface area contributed by atoms with Crippen molar-refractivity contribution in [1.29, 1.82) is 5.26 Å². The maximum Gasteiger partial charge on any atom is 0.297 e. The van der Waals surface area contributed by atoms with Crippen molar-refractivity contribution in [1.82, 2.24) is 0 Å². The Morgan fingerprint density at radius 2 is 1.88 bits per heavy atom. The lowest BCUT2D eigenvalue weighted by atomic mass is 9.84. The Morgan fingerprint density at radius 1 is 1.29 bits per heavy atom. The summed E-state index contributed by atoms with van der Waals surface area (Å²) in [6.07, 6.45) is 0.661. The Morgan fingerprint density at radius 3 is 2.41 bits per heavy atom. The molecule has 90 valence electrons. The summed E-state index contributed by atoms with van der Waals surface area (Å²) in [6.45, 7) is 1.89. The van der Waals surface area contributed by atoms with Crippen molar-refractivity contribution in [2.45, 2.75) is 30.8 Å². The van der Waals surface area contributed by atoms with Crippen LogP contribution in [0.1, 0.15) is 18.4 Å². The minimum atomic E-state index is -3.68. The van der Waals surface area contributed by atoms with Crippen molar-refractivity contribution < 1.29 is 12.6 Å². The van der Waals surface area contributed by atoms with Crippen LogP contribution in [-0.4, -0.2) is 14.5 Å². The molecule has 17 heavy (non-hydrogen) atoms. The molecule has 0 N–H and O–H groups in total. The number of nitrogens with zero attached hydrogens (tertiary/aromatic N) is 1. The van der Waals surface area contributed by atoms with E-state index >= 15 is 0 Å². The maximum absolute atomic E-state index is 11.8. The van der Waals surface area contributed by atoms with Gasteiger partial charge in [0.05, 0.1) is 23.0 Å². The summed E-state index contributed by atoms with van der Waals surface area (Å²) in [7, 11) is -3.68. The molecular weight excluding hydrogens is 238 g/mol. The highest BCUT2D eigenvalue weighted by Crippen LogP contribution is 2.31. The fourth-order valence-electron chi connectivity index (χ4n) is 1.69. The molecule has 0 aliphatic heterocycles. The lowest BCUT2D eigenvalue weighted by molar-refractivity contribution is 0.0960. The molecule has 0 unspecified atom stereocenters. The molecule has 5 heteroatoms. The molecule has 0 amide bonds. The highest BCUT2D eigenvalue weighted by atomic mass is 32.2. The fraction of sp³-hybridized carbons (Fsp3) is 0.417. The Labute approximate surface area is 101 Å². The zero-order valence-corrected chi connectivity index (χ0v) is 10.3. The second kappa shape index (κ2) is 4.47. The number of benzene rings is 1.